The van der Waals surface area contributed by atoms with Gasteiger partial charge in [-0.3, -0.25) is 0 Å². The van der Waals surface area contributed by atoms with Gasteiger partial charge in [0.15, 0.2) is 0 Å². The first-order chi connectivity index (χ1) is 13.0. The minimum Gasteiger partial charge on any atom is -0.445 e. The fourth-order valence-corrected chi connectivity index (χ4v) is 2.36. The average Bonchev–Trinajstić information content (AvgIpc) is 3.11. The lowest BCUT2D eigenvalue weighted by Gasteiger charge is -2.11. The van der Waals surface area contributed by atoms with Gasteiger partial charge in [-0.2, -0.15) is 13.2 Å². The molecule has 9 heteroatoms. The lowest BCUT2D eigenvalue weighted by Crippen LogP contribution is -2.04. The van der Waals surface area contributed by atoms with E-state index >= 15 is 0 Å². The Balaban J connectivity index is 1.80. The van der Waals surface area contributed by atoms with Crippen LogP contribution in [0.1, 0.15) is 5.56 Å². The fourth-order valence-electron chi connectivity index (χ4n) is 2.21. The molecule has 0 unspecified atom stereocenters. The van der Waals surface area contributed by atoms with E-state index in [9.17, 15) is 13.2 Å². The minimum atomic E-state index is -4.37. The number of para-hydroxylation sites is 1. The van der Waals surface area contributed by atoms with Crippen LogP contribution in [0.25, 0.3) is 11.5 Å². The standard InChI is InChI=1S/C18H13BrF3N3O2/c19-10-3-11-26-17-25-24-16(27-17)14-4-1-2-5-15(14)23-13-8-6-12(7-9-13)18(20,21)22/h1-10,23H,11H2/b10-3+. The smallest absolute Gasteiger partial charge is 0.416 e. The summed E-state index contributed by atoms with van der Waals surface area (Å²) in [4.78, 5) is 1.65. The molecule has 0 atom stereocenters. The van der Waals surface area contributed by atoms with Crippen molar-refractivity contribution in [2.45, 2.75) is 6.18 Å². The molecule has 0 aliphatic carbocycles. The first-order valence-corrected chi connectivity index (χ1v) is 8.64. The van der Waals surface area contributed by atoms with Gasteiger partial charge in [0.2, 0.25) is 0 Å². The molecule has 140 valence electrons. The summed E-state index contributed by atoms with van der Waals surface area (Å²) in [6.07, 6.45) is -2.65. The topological polar surface area (TPSA) is 60.2 Å². The van der Waals surface area contributed by atoms with Crippen LogP contribution in [0.5, 0.6) is 6.08 Å². The molecule has 0 saturated carbocycles. The first kappa shape index (κ1) is 19.0. The summed E-state index contributed by atoms with van der Waals surface area (Å²) >= 11 is 3.12. The van der Waals surface area contributed by atoms with E-state index in [0.717, 1.165) is 12.1 Å². The Bertz CT molecular complexity index is 924. The Morgan fingerprint density at radius 3 is 2.52 bits per heavy atom. The predicted molar refractivity (Wildman–Crippen MR) is 98.0 cm³/mol. The molecule has 0 amide bonds. The zero-order valence-corrected chi connectivity index (χ0v) is 15.3. The summed E-state index contributed by atoms with van der Waals surface area (Å²) < 4.78 is 48.8. The molecule has 1 heterocycles. The number of benzene rings is 2. The van der Waals surface area contributed by atoms with Crippen LogP contribution in [0.4, 0.5) is 24.5 Å². The molecule has 0 saturated heterocycles. The van der Waals surface area contributed by atoms with E-state index < -0.39 is 11.7 Å². The molecule has 5 nitrogen and oxygen atoms in total. The van der Waals surface area contributed by atoms with Crippen LogP contribution >= 0.6 is 15.9 Å². The summed E-state index contributed by atoms with van der Waals surface area (Å²) in [6, 6.07) is 11.8. The van der Waals surface area contributed by atoms with Gasteiger partial charge < -0.3 is 14.5 Å². The van der Waals surface area contributed by atoms with Gasteiger partial charge in [-0.05, 0) is 47.5 Å². The molecule has 0 fully saturated rings. The maximum Gasteiger partial charge on any atom is 0.416 e. The Hall–Kier alpha value is -2.81. The molecule has 0 aliphatic rings. The van der Waals surface area contributed by atoms with Gasteiger partial charge in [-0.15, -0.1) is 5.10 Å². The van der Waals surface area contributed by atoms with Crippen LogP contribution in [0.2, 0.25) is 0 Å². The number of hydrogen-bond acceptors (Lipinski definition) is 5. The zero-order chi connectivity index (χ0) is 19.3. The highest BCUT2D eigenvalue weighted by Crippen LogP contribution is 2.33. The van der Waals surface area contributed by atoms with Gasteiger partial charge in [-0.25, -0.2) is 0 Å². The molecule has 0 spiro atoms. The summed E-state index contributed by atoms with van der Waals surface area (Å²) in [5.41, 5.74) is 0.982. The number of aromatic nitrogens is 2. The van der Waals surface area contributed by atoms with E-state index in [-0.39, 0.29) is 18.6 Å². The van der Waals surface area contributed by atoms with E-state index in [1.165, 1.54) is 12.1 Å². The highest BCUT2D eigenvalue weighted by Gasteiger charge is 2.29. The van der Waals surface area contributed by atoms with Crippen molar-refractivity contribution in [3.8, 4) is 17.5 Å². The molecule has 27 heavy (non-hydrogen) atoms. The minimum absolute atomic E-state index is 0.0138. The second-order valence-electron chi connectivity index (χ2n) is 5.29. The van der Waals surface area contributed by atoms with E-state index in [0.29, 0.717) is 16.9 Å². The number of anilines is 2. The van der Waals surface area contributed by atoms with E-state index in [1.807, 2.05) is 0 Å². The van der Waals surface area contributed by atoms with Gasteiger partial charge in [-0.1, -0.05) is 33.2 Å². The Morgan fingerprint density at radius 2 is 1.81 bits per heavy atom. The Morgan fingerprint density at radius 1 is 1.07 bits per heavy atom. The van der Waals surface area contributed by atoms with Crippen LogP contribution in [0, 0.1) is 0 Å². The third-order valence-electron chi connectivity index (χ3n) is 3.45. The number of hydrogen-bond donors (Lipinski definition) is 1. The maximum absolute atomic E-state index is 12.7. The van der Waals surface area contributed by atoms with Crippen molar-refractivity contribution >= 4 is 27.3 Å². The molecule has 2 aromatic carbocycles. The molecule has 0 radical (unpaired) electrons. The van der Waals surface area contributed by atoms with E-state index in [1.54, 1.807) is 35.3 Å². The van der Waals surface area contributed by atoms with Crippen molar-refractivity contribution in [2.75, 3.05) is 11.9 Å². The Labute approximate surface area is 161 Å². The number of rotatable bonds is 6. The zero-order valence-electron chi connectivity index (χ0n) is 13.7. The summed E-state index contributed by atoms with van der Waals surface area (Å²) in [5.74, 6) is 0.225. The number of nitrogens with zero attached hydrogens (tertiary/aromatic N) is 2. The van der Waals surface area contributed by atoms with Gasteiger partial charge >= 0.3 is 12.3 Å². The number of nitrogens with one attached hydrogen (secondary N) is 1. The quantitative estimate of drug-likeness (QED) is 0.526. The second-order valence-corrected chi connectivity index (χ2v) is 5.82. The van der Waals surface area contributed by atoms with Crippen molar-refractivity contribution in [2.24, 2.45) is 0 Å². The highest BCUT2D eigenvalue weighted by atomic mass is 79.9. The predicted octanol–water partition coefficient (Wildman–Crippen LogP) is 5.79. The first-order valence-electron chi connectivity index (χ1n) is 7.72. The Kier molecular flexibility index (Phi) is 5.80. The molecule has 0 aliphatic heterocycles. The molecule has 1 aromatic heterocycles. The van der Waals surface area contributed by atoms with Crippen LogP contribution in [0.3, 0.4) is 0 Å². The third-order valence-corrected chi connectivity index (χ3v) is 3.82. The van der Waals surface area contributed by atoms with Crippen LogP contribution in [-0.4, -0.2) is 16.8 Å². The number of alkyl halides is 3. The molecule has 0 bridgehead atoms. The van der Waals surface area contributed by atoms with Crippen molar-refractivity contribution in [3.05, 3.63) is 65.2 Å². The van der Waals surface area contributed by atoms with Crippen molar-refractivity contribution in [3.63, 3.8) is 0 Å². The SMILES string of the molecule is FC(F)(F)c1ccc(Nc2ccccc2-c2nnc(OC/C=C/Br)o2)cc1. The molecular weight excluding hydrogens is 427 g/mol. The molecular formula is C18H13BrF3N3O2. The fraction of sp³-hybridized carbons (Fsp3) is 0.111. The van der Waals surface area contributed by atoms with Crippen molar-refractivity contribution < 1.29 is 22.3 Å². The van der Waals surface area contributed by atoms with Crippen LogP contribution in [0.15, 0.2) is 64.0 Å². The number of halogens is 4. The maximum atomic E-state index is 12.7. The number of ether oxygens (including phenoxy) is 1. The van der Waals surface area contributed by atoms with Gasteiger partial charge in [0.1, 0.15) is 6.61 Å². The van der Waals surface area contributed by atoms with Crippen molar-refractivity contribution in [1.82, 2.24) is 10.2 Å². The van der Waals surface area contributed by atoms with E-state index in [2.05, 4.69) is 31.4 Å². The van der Waals surface area contributed by atoms with Gasteiger partial charge in [0.25, 0.3) is 5.89 Å². The molecule has 3 rings (SSSR count). The summed E-state index contributed by atoms with van der Waals surface area (Å²) in [5, 5.41) is 10.8. The van der Waals surface area contributed by atoms with E-state index in [4.69, 9.17) is 9.15 Å². The highest BCUT2D eigenvalue weighted by molar-refractivity contribution is 9.11. The lowest BCUT2D eigenvalue weighted by atomic mass is 10.1. The van der Waals surface area contributed by atoms with Gasteiger partial charge in [0, 0.05) is 5.69 Å². The monoisotopic (exact) mass is 439 g/mol. The van der Waals surface area contributed by atoms with Crippen molar-refractivity contribution in [1.29, 1.82) is 0 Å². The summed E-state index contributed by atoms with van der Waals surface area (Å²) in [7, 11) is 0. The second kappa shape index (κ2) is 8.26. The molecule has 3 aromatic rings. The lowest BCUT2D eigenvalue weighted by molar-refractivity contribution is -0.137. The van der Waals surface area contributed by atoms with Crippen LogP contribution < -0.4 is 10.1 Å². The third kappa shape index (κ3) is 4.88. The average molecular weight is 440 g/mol. The molecule has 1 N–H and O–H groups in total. The van der Waals surface area contributed by atoms with Gasteiger partial charge in [0.05, 0.1) is 16.8 Å². The largest absolute Gasteiger partial charge is 0.445 e. The van der Waals surface area contributed by atoms with Crippen LogP contribution in [-0.2, 0) is 6.18 Å². The normalized spacial score (nSPS) is 11.7. The summed E-state index contributed by atoms with van der Waals surface area (Å²) in [6.45, 7) is 0.262.